The van der Waals surface area contributed by atoms with Gasteiger partial charge in [-0.15, -0.1) is 0 Å². The van der Waals surface area contributed by atoms with Gasteiger partial charge in [0, 0.05) is 18.7 Å². The number of anilines is 1. The summed E-state index contributed by atoms with van der Waals surface area (Å²) >= 11 is 0. The van der Waals surface area contributed by atoms with E-state index in [1.807, 2.05) is 22.9 Å². The van der Waals surface area contributed by atoms with Crippen LogP contribution in [-0.2, 0) is 13.1 Å². The summed E-state index contributed by atoms with van der Waals surface area (Å²) in [6.45, 7) is 5.07. The molecule has 2 heterocycles. The van der Waals surface area contributed by atoms with Crippen molar-refractivity contribution in [3.05, 3.63) is 41.6 Å². The van der Waals surface area contributed by atoms with Gasteiger partial charge in [-0.25, -0.2) is 4.68 Å². The number of nitrogens with two attached hydrogens (primary N) is 1. The maximum atomic E-state index is 5.99. The minimum Gasteiger partial charge on any atom is -0.382 e. The Hall–Kier alpha value is -1.81. The Balaban J connectivity index is 2.07. The normalized spacial score (nSPS) is 15.1. The third-order valence-electron chi connectivity index (χ3n) is 3.32. The summed E-state index contributed by atoms with van der Waals surface area (Å²) in [5.74, 6) is 0.666. The van der Waals surface area contributed by atoms with Crippen LogP contribution < -0.4 is 5.73 Å². The Morgan fingerprint density at radius 2 is 2.00 bits per heavy atom. The second kappa shape index (κ2) is 3.89. The molecule has 0 saturated carbocycles. The van der Waals surface area contributed by atoms with Gasteiger partial charge >= 0.3 is 0 Å². The number of hydrogen-bond donors (Lipinski definition) is 1. The molecule has 1 aliphatic rings. The smallest absolute Gasteiger partial charge is 0.150 e. The fraction of sp³-hybridized carbons (Fsp3) is 0.308. The van der Waals surface area contributed by atoms with E-state index in [0.717, 1.165) is 25.3 Å². The van der Waals surface area contributed by atoms with Crippen molar-refractivity contribution >= 4 is 5.82 Å². The molecule has 88 valence electrons. The van der Waals surface area contributed by atoms with E-state index in [1.54, 1.807) is 0 Å². The van der Waals surface area contributed by atoms with Gasteiger partial charge in [-0.2, -0.15) is 5.10 Å². The Labute approximate surface area is 101 Å². The van der Waals surface area contributed by atoms with Crippen LogP contribution in [0.2, 0.25) is 0 Å². The first kappa shape index (κ1) is 10.4. The predicted molar refractivity (Wildman–Crippen MR) is 67.8 cm³/mol. The van der Waals surface area contributed by atoms with Gasteiger partial charge in [0.1, 0.15) is 0 Å². The molecule has 2 aromatic rings. The molecule has 3 rings (SSSR count). The number of hydrogen-bond acceptors (Lipinski definition) is 3. The van der Waals surface area contributed by atoms with Gasteiger partial charge in [0.15, 0.2) is 5.82 Å². The highest BCUT2D eigenvalue weighted by molar-refractivity contribution is 5.48. The Morgan fingerprint density at radius 3 is 2.71 bits per heavy atom. The molecule has 1 aromatic carbocycles. The molecule has 0 saturated heterocycles. The fourth-order valence-electron chi connectivity index (χ4n) is 2.34. The standard InChI is InChI=1S/C13H16N4/c1-2-16-8-11-12(9-16)17(15-13(11)14)10-6-4-3-5-7-10/h3-7H,2,8-9H2,1H3,(H2,14,15). The van der Waals surface area contributed by atoms with Crippen LogP contribution in [0.4, 0.5) is 5.82 Å². The SMILES string of the molecule is CCN1Cc2c(N)nn(-c3ccccc3)c2C1. The largest absolute Gasteiger partial charge is 0.382 e. The van der Waals surface area contributed by atoms with E-state index < -0.39 is 0 Å². The summed E-state index contributed by atoms with van der Waals surface area (Å²) in [5.41, 5.74) is 9.49. The molecule has 0 spiro atoms. The Morgan fingerprint density at radius 1 is 1.24 bits per heavy atom. The molecule has 4 heteroatoms. The summed E-state index contributed by atoms with van der Waals surface area (Å²) in [6.07, 6.45) is 0. The molecular formula is C13H16N4. The van der Waals surface area contributed by atoms with Crippen molar-refractivity contribution in [3.8, 4) is 5.69 Å². The Kier molecular flexibility index (Phi) is 2.37. The molecule has 0 radical (unpaired) electrons. The van der Waals surface area contributed by atoms with E-state index in [4.69, 9.17) is 5.73 Å². The average molecular weight is 228 g/mol. The van der Waals surface area contributed by atoms with E-state index in [0.29, 0.717) is 5.82 Å². The number of aromatic nitrogens is 2. The van der Waals surface area contributed by atoms with Gasteiger partial charge < -0.3 is 5.73 Å². The first-order chi connectivity index (χ1) is 8.29. The second-order valence-corrected chi connectivity index (χ2v) is 4.36. The summed E-state index contributed by atoms with van der Waals surface area (Å²) in [5, 5.41) is 4.44. The average Bonchev–Trinajstić information content (AvgIpc) is 2.91. The number of rotatable bonds is 2. The molecule has 0 bridgehead atoms. The molecule has 0 fully saturated rings. The number of nitrogens with zero attached hydrogens (tertiary/aromatic N) is 3. The number of para-hydroxylation sites is 1. The molecule has 0 amide bonds. The summed E-state index contributed by atoms with van der Waals surface area (Å²) in [4.78, 5) is 2.36. The number of fused-ring (bicyclic) bond motifs is 1. The maximum absolute atomic E-state index is 5.99. The minimum absolute atomic E-state index is 0.666. The molecule has 4 nitrogen and oxygen atoms in total. The fourth-order valence-corrected chi connectivity index (χ4v) is 2.34. The van der Waals surface area contributed by atoms with E-state index >= 15 is 0 Å². The van der Waals surface area contributed by atoms with Crippen molar-refractivity contribution < 1.29 is 0 Å². The van der Waals surface area contributed by atoms with Crippen LogP contribution in [0.1, 0.15) is 18.2 Å². The van der Waals surface area contributed by atoms with Gasteiger partial charge in [0.25, 0.3) is 0 Å². The summed E-state index contributed by atoms with van der Waals surface area (Å²) < 4.78 is 1.97. The van der Waals surface area contributed by atoms with Crippen molar-refractivity contribution in [2.45, 2.75) is 20.0 Å². The molecule has 17 heavy (non-hydrogen) atoms. The summed E-state index contributed by atoms with van der Waals surface area (Å²) in [6, 6.07) is 10.2. The molecule has 1 aromatic heterocycles. The molecule has 0 aliphatic carbocycles. The van der Waals surface area contributed by atoms with Crippen LogP contribution >= 0.6 is 0 Å². The van der Waals surface area contributed by atoms with Crippen molar-refractivity contribution in [3.63, 3.8) is 0 Å². The van der Waals surface area contributed by atoms with Gasteiger partial charge in [-0.05, 0) is 18.7 Å². The zero-order valence-electron chi connectivity index (χ0n) is 9.93. The summed E-state index contributed by atoms with van der Waals surface area (Å²) in [7, 11) is 0. The number of nitrogen functional groups attached to an aromatic ring is 1. The van der Waals surface area contributed by atoms with Crippen LogP contribution in [0.3, 0.4) is 0 Å². The van der Waals surface area contributed by atoms with Crippen LogP contribution in [0.15, 0.2) is 30.3 Å². The van der Waals surface area contributed by atoms with Crippen LogP contribution in [0.25, 0.3) is 5.69 Å². The van der Waals surface area contributed by atoms with Crippen LogP contribution in [-0.4, -0.2) is 21.2 Å². The van der Waals surface area contributed by atoms with Gasteiger partial charge in [-0.3, -0.25) is 4.90 Å². The highest BCUT2D eigenvalue weighted by Crippen LogP contribution is 2.29. The lowest BCUT2D eigenvalue weighted by atomic mass is 10.2. The van der Waals surface area contributed by atoms with Gasteiger partial charge in [0.2, 0.25) is 0 Å². The Bertz CT molecular complexity index is 530. The number of benzene rings is 1. The lowest BCUT2D eigenvalue weighted by Crippen LogP contribution is -2.17. The zero-order valence-corrected chi connectivity index (χ0v) is 9.93. The van der Waals surface area contributed by atoms with Crippen LogP contribution in [0, 0.1) is 0 Å². The first-order valence-corrected chi connectivity index (χ1v) is 5.93. The first-order valence-electron chi connectivity index (χ1n) is 5.93. The lowest BCUT2D eigenvalue weighted by molar-refractivity contribution is 0.295. The van der Waals surface area contributed by atoms with Crippen molar-refractivity contribution in [1.82, 2.24) is 14.7 Å². The maximum Gasteiger partial charge on any atom is 0.150 e. The lowest BCUT2D eigenvalue weighted by Gasteiger charge is -2.12. The third kappa shape index (κ3) is 1.61. The molecule has 0 atom stereocenters. The predicted octanol–water partition coefficient (Wildman–Crippen LogP) is 1.79. The van der Waals surface area contributed by atoms with E-state index in [9.17, 15) is 0 Å². The van der Waals surface area contributed by atoms with Gasteiger partial charge in [-0.1, -0.05) is 25.1 Å². The monoisotopic (exact) mass is 228 g/mol. The van der Waals surface area contributed by atoms with Crippen LogP contribution in [0.5, 0.6) is 0 Å². The van der Waals surface area contributed by atoms with E-state index in [2.05, 4.69) is 29.1 Å². The molecule has 2 N–H and O–H groups in total. The molecule has 0 unspecified atom stereocenters. The topological polar surface area (TPSA) is 47.1 Å². The highest BCUT2D eigenvalue weighted by Gasteiger charge is 2.26. The molecular weight excluding hydrogens is 212 g/mol. The third-order valence-corrected chi connectivity index (χ3v) is 3.32. The quantitative estimate of drug-likeness (QED) is 0.852. The van der Waals surface area contributed by atoms with Crippen molar-refractivity contribution in [1.29, 1.82) is 0 Å². The highest BCUT2D eigenvalue weighted by atomic mass is 15.3. The van der Waals surface area contributed by atoms with E-state index in [1.165, 1.54) is 11.3 Å². The van der Waals surface area contributed by atoms with E-state index in [-0.39, 0.29) is 0 Å². The van der Waals surface area contributed by atoms with Crippen molar-refractivity contribution in [2.24, 2.45) is 0 Å². The van der Waals surface area contributed by atoms with Gasteiger partial charge in [0.05, 0.1) is 11.4 Å². The minimum atomic E-state index is 0.666. The zero-order chi connectivity index (χ0) is 11.8. The van der Waals surface area contributed by atoms with Crippen molar-refractivity contribution in [2.75, 3.05) is 12.3 Å². The second-order valence-electron chi connectivity index (χ2n) is 4.36. The molecule has 1 aliphatic heterocycles.